The summed E-state index contributed by atoms with van der Waals surface area (Å²) in [5, 5.41) is 15.9. The van der Waals surface area contributed by atoms with Gasteiger partial charge in [-0.3, -0.25) is 14.4 Å². The predicted octanol–water partition coefficient (Wildman–Crippen LogP) is 1.02. The number of nitrogens with zero attached hydrogens (tertiary/aromatic N) is 2. The molecule has 15 heteroatoms. The van der Waals surface area contributed by atoms with Gasteiger partial charge in [0.1, 0.15) is 25.3 Å². The number of thiol groups is 1. The number of aryl methyl sites for hydroxylation is 1. The quantitative estimate of drug-likeness (QED) is 0.141. The van der Waals surface area contributed by atoms with Crippen LogP contribution < -0.4 is 16.4 Å². The van der Waals surface area contributed by atoms with E-state index >= 15 is 0 Å². The molecular weight excluding hydrogens is 598 g/mol. The molecule has 5 N–H and O–H groups in total. The number of aromatic nitrogens is 1. The Morgan fingerprint density at radius 1 is 1.16 bits per heavy atom. The normalized spacial score (nSPS) is 17.4. The second-order valence-corrected chi connectivity index (χ2v) is 12.6. The number of amides is 4. The molecule has 0 bridgehead atoms. The number of aliphatic hydroxyl groups excluding tert-OH is 1. The van der Waals surface area contributed by atoms with Crippen molar-refractivity contribution >= 4 is 47.8 Å². The van der Waals surface area contributed by atoms with Crippen molar-refractivity contribution in [2.24, 2.45) is 5.73 Å². The van der Waals surface area contributed by atoms with E-state index in [4.69, 9.17) is 15.2 Å². The minimum absolute atomic E-state index is 0.00175. The third kappa shape index (κ3) is 10.5. The van der Waals surface area contributed by atoms with Crippen LogP contribution in [-0.4, -0.2) is 101 Å². The van der Waals surface area contributed by atoms with Crippen LogP contribution in [0.25, 0.3) is 10.4 Å². The first-order chi connectivity index (χ1) is 20.4. The van der Waals surface area contributed by atoms with Crippen LogP contribution in [0.2, 0.25) is 0 Å². The molecular formula is C28H39N5O8S2. The van der Waals surface area contributed by atoms with Gasteiger partial charge in [0.2, 0.25) is 17.7 Å². The SMILES string of the molecule is Cc1ncsc1-c1ccc(CNC(=O)[C@@H]2C[C@@H](O)CN2C(=O)C(NC(=O)COCCOCCOC(N)=O)C(C)(C)S)cc1. The lowest BCUT2D eigenvalue weighted by Gasteiger charge is -2.34. The Kier molecular flexibility index (Phi) is 12.7. The van der Waals surface area contributed by atoms with Gasteiger partial charge in [-0.15, -0.1) is 11.3 Å². The highest BCUT2D eigenvalue weighted by atomic mass is 32.1. The third-order valence-corrected chi connectivity index (χ3v) is 7.86. The van der Waals surface area contributed by atoms with Crippen LogP contribution in [0.1, 0.15) is 31.5 Å². The van der Waals surface area contributed by atoms with Crippen LogP contribution in [-0.2, 0) is 35.1 Å². The first kappa shape index (κ1) is 34.3. The number of thiazole rings is 1. The van der Waals surface area contributed by atoms with Crippen LogP contribution >= 0.6 is 24.0 Å². The molecule has 3 rings (SSSR count). The van der Waals surface area contributed by atoms with E-state index in [2.05, 4.69) is 33.0 Å². The highest BCUT2D eigenvalue weighted by Gasteiger charge is 2.44. The lowest BCUT2D eigenvalue weighted by molar-refractivity contribution is -0.142. The molecule has 1 aromatic heterocycles. The van der Waals surface area contributed by atoms with E-state index in [-0.39, 0.29) is 52.5 Å². The monoisotopic (exact) mass is 637 g/mol. The zero-order chi connectivity index (χ0) is 31.6. The second kappa shape index (κ2) is 16.0. The molecule has 1 aliphatic rings. The lowest BCUT2D eigenvalue weighted by atomic mass is 10.0. The molecule has 0 saturated carbocycles. The van der Waals surface area contributed by atoms with Crippen LogP contribution in [0.15, 0.2) is 29.8 Å². The molecule has 1 saturated heterocycles. The summed E-state index contributed by atoms with van der Waals surface area (Å²) in [6.45, 7) is 5.49. The molecule has 0 radical (unpaired) electrons. The molecule has 4 amide bonds. The van der Waals surface area contributed by atoms with Gasteiger partial charge in [0.15, 0.2) is 0 Å². The zero-order valence-electron chi connectivity index (χ0n) is 24.4. The standard InChI is InChI=1S/C28H39N5O8S2/c1-17-23(43-16-31-17)19-6-4-18(5-7-19)13-30-25(36)21-12-20(34)14-33(21)26(37)24(28(2,3)42)32-22(35)15-40-9-8-39-10-11-41-27(29)38/h4-7,16,20-21,24,34,42H,8-15H2,1-3H3,(H2,29,38)(H,30,36)(H,32,35)/t20-,21+,24?/m1/s1. The number of aliphatic hydroxyl groups is 1. The van der Waals surface area contributed by atoms with E-state index in [1.165, 1.54) is 4.90 Å². The minimum Gasteiger partial charge on any atom is -0.447 e. The third-order valence-electron chi connectivity index (χ3n) is 6.63. The largest absolute Gasteiger partial charge is 0.447 e. The number of hydrogen-bond acceptors (Lipinski definition) is 11. The summed E-state index contributed by atoms with van der Waals surface area (Å²) in [6, 6.07) is 5.77. The maximum Gasteiger partial charge on any atom is 0.404 e. The molecule has 2 heterocycles. The Hall–Kier alpha value is -3.24. The number of benzene rings is 1. The van der Waals surface area contributed by atoms with Crippen molar-refractivity contribution in [2.75, 3.05) is 39.6 Å². The smallest absolute Gasteiger partial charge is 0.404 e. The van der Waals surface area contributed by atoms with Crippen molar-refractivity contribution in [1.82, 2.24) is 20.5 Å². The van der Waals surface area contributed by atoms with E-state index in [9.17, 15) is 24.3 Å². The minimum atomic E-state index is -1.10. The van der Waals surface area contributed by atoms with E-state index in [0.717, 1.165) is 21.7 Å². The van der Waals surface area contributed by atoms with Crippen molar-refractivity contribution in [3.05, 3.63) is 41.0 Å². The molecule has 1 aromatic carbocycles. The fraction of sp³-hybridized carbons (Fsp3) is 0.536. The van der Waals surface area contributed by atoms with Crippen LogP contribution in [0.3, 0.4) is 0 Å². The number of primary amides is 1. The molecule has 3 atom stereocenters. The summed E-state index contributed by atoms with van der Waals surface area (Å²) in [6.07, 6.45) is -1.72. The van der Waals surface area contributed by atoms with Gasteiger partial charge < -0.3 is 40.6 Å². The first-order valence-corrected chi connectivity index (χ1v) is 15.0. The molecule has 0 aliphatic carbocycles. The number of carbonyl (C=O) groups is 4. The molecule has 2 aromatic rings. The molecule has 1 unspecified atom stereocenters. The summed E-state index contributed by atoms with van der Waals surface area (Å²) in [4.78, 5) is 56.6. The van der Waals surface area contributed by atoms with Crippen molar-refractivity contribution in [1.29, 1.82) is 0 Å². The average molecular weight is 638 g/mol. The number of nitrogens with two attached hydrogens (primary N) is 1. The summed E-state index contributed by atoms with van der Waals surface area (Å²) in [7, 11) is 0. The van der Waals surface area contributed by atoms with Gasteiger partial charge in [-0.05, 0) is 31.9 Å². The molecule has 1 fully saturated rings. The number of hydrogen-bond donors (Lipinski definition) is 5. The average Bonchev–Trinajstić information content (AvgIpc) is 3.56. The van der Waals surface area contributed by atoms with Gasteiger partial charge in [-0.2, -0.15) is 12.6 Å². The number of carbonyl (C=O) groups excluding carboxylic acids is 4. The molecule has 1 aliphatic heterocycles. The maximum absolute atomic E-state index is 13.6. The Balaban J connectivity index is 1.53. The lowest BCUT2D eigenvalue weighted by Crippen LogP contribution is -2.59. The molecule has 236 valence electrons. The molecule has 13 nitrogen and oxygen atoms in total. The fourth-order valence-corrected chi connectivity index (χ4v) is 5.45. The van der Waals surface area contributed by atoms with Crippen molar-refractivity contribution in [3.63, 3.8) is 0 Å². The molecule has 0 spiro atoms. The van der Waals surface area contributed by atoms with Crippen molar-refractivity contribution in [3.8, 4) is 10.4 Å². The van der Waals surface area contributed by atoms with Gasteiger partial charge >= 0.3 is 6.09 Å². The predicted molar refractivity (Wildman–Crippen MR) is 162 cm³/mol. The van der Waals surface area contributed by atoms with Crippen molar-refractivity contribution in [2.45, 2.75) is 56.7 Å². The van der Waals surface area contributed by atoms with Gasteiger partial charge in [-0.25, -0.2) is 9.78 Å². The number of likely N-dealkylation sites (tertiary alicyclic amines) is 1. The Labute approximate surface area is 259 Å². The summed E-state index contributed by atoms with van der Waals surface area (Å²) >= 11 is 6.08. The highest BCUT2D eigenvalue weighted by Crippen LogP contribution is 2.28. The Morgan fingerprint density at radius 2 is 1.84 bits per heavy atom. The van der Waals surface area contributed by atoms with Crippen LogP contribution in [0.4, 0.5) is 4.79 Å². The van der Waals surface area contributed by atoms with E-state index in [1.807, 2.05) is 31.2 Å². The van der Waals surface area contributed by atoms with Gasteiger partial charge in [0.05, 0.1) is 42.0 Å². The first-order valence-electron chi connectivity index (χ1n) is 13.7. The summed E-state index contributed by atoms with van der Waals surface area (Å²) < 4.78 is 14.0. The van der Waals surface area contributed by atoms with Crippen LogP contribution in [0.5, 0.6) is 0 Å². The highest BCUT2D eigenvalue weighted by molar-refractivity contribution is 7.81. The van der Waals surface area contributed by atoms with Gasteiger partial charge in [0, 0.05) is 24.3 Å². The Morgan fingerprint density at radius 3 is 2.47 bits per heavy atom. The molecule has 43 heavy (non-hydrogen) atoms. The van der Waals surface area contributed by atoms with Crippen LogP contribution in [0, 0.1) is 6.92 Å². The van der Waals surface area contributed by atoms with Gasteiger partial charge in [-0.1, -0.05) is 24.3 Å². The number of nitrogens with one attached hydrogen (secondary N) is 2. The number of β-amino-alcohol motifs (C(OH)–C–C–N with tert-alkyl or cyclic N) is 1. The summed E-state index contributed by atoms with van der Waals surface area (Å²) in [5.74, 6) is -1.50. The van der Waals surface area contributed by atoms with E-state index < -0.39 is 46.7 Å². The van der Waals surface area contributed by atoms with Crippen molar-refractivity contribution < 1.29 is 38.5 Å². The summed E-state index contributed by atoms with van der Waals surface area (Å²) in [5.41, 5.74) is 9.53. The number of rotatable bonds is 15. The zero-order valence-corrected chi connectivity index (χ0v) is 26.1. The Bertz CT molecular complexity index is 1250. The maximum atomic E-state index is 13.6. The van der Waals surface area contributed by atoms with E-state index in [0.29, 0.717) is 0 Å². The fourth-order valence-electron chi connectivity index (χ4n) is 4.46. The van der Waals surface area contributed by atoms with E-state index in [1.54, 1.807) is 30.7 Å². The van der Waals surface area contributed by atoms with Gasteiger partial charge in [0.25, 0.3) is 0 Å². The second-order valence-electron chi connectivity index (χ2n) is 10.6. The number of ether oxygens (including phenoxy) is 3. The topological polar surface area (TPSA) is 182 Å².